The van der Waals surface area contributed by atoms with Crippen LogP contribution in [0.1, 0.15) is 10.4 Å². The molecule has 110 valence electrons. The highest BCUT2D eigenvalue weighted by atomic mass is 79.9. The van der Waals surface area contributed by atoms with Crippen LogP contribution in [0.4, 0.5) is 11.4 Å². The van der Waals surface area contributed by atoms with E-state index in [9.17, 15) is 4.79 Å². The summed E-state index contributed by atoms with van der Waals surface area (Å²) in [7, 11) is 3.09. The average molecular weight is 351 g/mol. The summed E-state index contributed by atoms with van der Waals surface area (Å²) in [4.78, 5) is 12.3. The van der Waals surface area contributed by atoms with Crippen LogP contribution in [0.25, 0.3) is 0 Å². The summed E-state index contributed by atoms with van der Waals surface area (Å²) in [5.41, 5.74) is 7.13. The molecule has 0 aliphatic carbocycles. The topological polar surface area (TPSA) is 73.6 Å². The van der Waals surface area contributed by atoms with Gasteiger partial charge in [-0.1, -0.05) is 15.9 Å². The normalized spacial score (nSPS) is 10.0. The minimum Gasteiger partial charge on any atom is -0.497 e. The summed E-state index contributed by atoms with van der Waals surface area (Å²) in [6, 6.07) is 10.3. The maximum Gasteiger partial charge on any atom is 0.257 e. The molecule has 3 N–H and O–H groups in total. The molecule has 6 heteroatoms. The Balaban J connectivity index is 2.32. The molecular formula is C15H15BrN2O3. The van der Waals surface area contributed by atoms with Gasteiger partial charge in [-0.15, -0.1) is 0 Å². The SMILES string of the molecule is COc1ccc(OC)c(NC(=O)c2cc(Br)ccc2N)c1. The third-order valence-corrected chi connectivity index (χ3v) is 3.41. The predicted octanol–water partition coefficient (Wildman–Crippen LogP) is 3.30. The first-order chi connectivity index (χ1) is 10.0. The summed E-state index contributed by atoms with van der Waals surface area (Å²) in [6.45, 7) is 0. The van der Waals surface area contributed by atoms with E-state index in [1.54, 1.807) is 43.5 Å². The quantitative estimate of drug-likeness (QED) is 0.829. The Morgan fingerprint density at radius 2 is 1.90 bits per heavy atom. The van der Waals surface area contributed by atoms with Crippen molar-refractivity contribution in [3.63, 3.8) is 0 Å². The highest BCUT2D eigenvalue weighted by Crippen LogP contribution is 2.30. The van der Waals surface area contributed by atoms with Gasteiger partial charge in [0.25, 0.3) is 5.91 Å². The number of methoxy groups -OCH3 is 2. The second-order valence-corrected chi connectivity index (χ2v) is 5.17. The molecule has 0 fully saturated rings. The van der Waals surface area contributed by atoms with Gasteiger partial charge in [-0.05, 0) is 30.3 Å². The van der Waals surface area contributed by atoms with Crippen LogP contribution in [0.2, 0.25) is 0 Å². The summed E-state index contributed by atoms with van der Waals surface area (Å²) in [6.07, 6.45) is 0. The summed E-state index contributed by atoms with van der Waals surface area (Å²) < 4.78 is 11.1. The number of halogens is 1. The van der Waals surface area contributed by atoms with Gasteiger partial charge in [-0.3, -0.25) is 4.79 Å². The standard InChI is InChI=1S/C15H15BrN2O3/c1-20-10-4-6-14(21-2)13(8-10)18-15(19)11-7-9(16)3-5-12(11)17/h3-8H,17H2,1-2H3,(H,18,19). The van der Waals surface area contributed by atoms with Gasteiger partial charge >= 0.3 is 0 Å². The highest BCUT2D eigenvalue weighted by Gasteiger charge is 2.13. The highest BCUT2D eigenvalue weighted by molar-refractivity contribution is 9.10. The van der Waals surface area contributed by atoms with Gasteiger partial charge in [-0.25, -0.2) is 0 Å². The number of benzene rings is 2. The lowest BCUT2D eigenvalue weighted by atomic mass is 10.1. The molecule has 0 unspecified atom stereocenters. The van der Waals surface area contributed by atoms with Crippen molar-refractivity contribution in [2.45, 2.75) is 0 Å². The second-order valence-electron chi connectivity index (χ2n) is 4.25. The van der Waals surface area contributed by atoms with E-state index in [1.165, 1.54) is 7.11 Å². The number of hydrogen-bond donors (Lipinski definition) is 2. The molecule has 2 aromatic carbocycles. The number of carbonyl (C=O) groups is 1. The van der Waals surface area contributed by atoms with Crippen molar-refractivity contribution in [2.24, 2.45) is 0 Å². The monoisotopic (exact) mass is 350 g/mol. The lowest BCUT2D eigenvalue weighted by Gasteiger charge is -2.12. The van der Waals surface area contributed by atoms with Crippen LogP contribution in [0, 0.1) is 0 Å². The minimum absolute atomic E-state index is 0.319. The van der Waals surface area contributed by atoms with Gasteiger partial charge in [0.1, 0.15) is 11.5 Å². The number of anilines is 2. The van der Waals surface area contributed by atoms with Crippen molar-refractivity contribution >= 4 is 33.2 Å². The van der Waals surface area contributed by atoms with E-state index >= 15 is 0 Å². The third kappa shape index (κ3) is 3.46. The maximum absolute atomic E-state index is 12.3. The van der Waals surface area contributed by atoms with Crippen molar-refractivity contribution in [1.29, 1.82) is 0 Å². The Morgan fingerprint density at radius 3 is 2.57 bits per heavy atom. The van der Waals surface area contributed by atoms with Gasteiger partial charge in [0.05, 0.1) is 25.5 Å². The van der Waals surface area contributed by atoms with E-state index in [-0.39, 0.29) is 5.91 Å². The lowest BCUT2D eigenvalue weighted by molar-refractivity contribution is 0.102. The van der Waals surface area contributed by atoms with Crippen LogP contribution in [-0.4, -0.2) is 20.1 Å². The van der Waals surface area contributed by atoms with Crippen LogP contribution in [-0.2, 0) is 0 Å². The Kier molecular flexibility index (Phi) is 4.70. The number of carbonyl (C=O) groups excluding carboxylic acids is 1. The van der Waals surface area contributed by atoms with E-state index in [0.29, 0.717) is 28.4 Å². The average Bonchev–Trinajstić information content (AvgIpc) is 2.49. The third-order valence-electron chi connectivity index (χ3n) is 2.91. The van der Waals surface area contributed by atoms with Crippen molar-refractivity contribution in [2.75, 3.05) is 25.3 Å². The summed E-state index contributed by atoms with van der Waals surface area (Å²) >= 11 is 3.32. The molecular weight excluding hydrogens is 336 g/mol. The number of ether oxygens (including phenoxy) is 2. The van der Waals surface area contributed by atoms with E-state index in [1.807, 2.05) is 0 Å². The van der Waals surface area contributed by atoms with Crippen LogP contribution in [0.5, 0.6) is 11.5 Å². The Bertz CT molecular complexity index is 674. The Morgan fingerprint density at radius 1 is 1.14 bits per heavy atom. The molecule has 0 heterocycles. The first kappa shape index (κ1) is 15.2. The number of hydrogen-bond acceptors (Lipinski definition) is 4. The maximum atomic E-state index is 12.3. The largest absolute Gasteiger partial charge is 0.497 e. The van der Waals surface area contributed by atoms with Crippen molar-refractivity contribution in [3.05, 3.63) is 46.4 Å². The van der Waals surface area contributed by atoms with Crippen LogP contribution < -0.4 is 20.5 Å². The zero-order chi connectivity index (χ0) is 15.4. The summed E-state index contributed by atoms with van der Waals surface area (Å²) in [5.74, 6) is 0.839. The fourth-order valence-electron chi connectivity index (χ4n) is 1.83. The van der Waals surface area contributed by atoms with Crippen molar-refractivity contribution < 1.29 is 14.3 Å². The molecule has 21 heavy (non-hydrogen) atoms. The molecule has 0 spiro atoms. The van der Waals surface area contributed by atoms with Gasteiger partial charge < -0.3 is 20.5 Å². The Hall–Kier alpha value is -2.21. The van der Waals surface area contributed by atoms with E-state index in [2.05, 4.69) is 21.2 Å². The van der Waals surface area contributed by atoms with Crippen LogP contribution in [0.3, 0.4) is 0 Å². The molecule has 0 aliphatic rings. The predicted molar refractivity (Wildman–Crippen MR) is 86.1 cm³/mol. The molecule has 5 nitrogen and oxygen atoms in total. The van der Waals surface area contributed by atoms with E-state index in [0.717, 1.165) is 4.47 Å². The number of nitrogen functional groups attached to an aromatic ring is 1. The number of amides is 1. The molecule has 0 saturated carbocycles. The number of nitrogens with one attached hydrogen (secondary N) is 1. The van der Waals surface area contributed by atoms with Gasteiger partial charge in [0.15, 0.2) is 0 Å². The smallest absolute Gasteiger partial charge is 0.257 e. The first-order valence-corrected chi connectivity index (χ1v) is 6.93. The second kappa shape index (κ2) is 6.49. The van der Waals surface area contributed by atoms with Crippen LogP contribution in [0.15, 0.2) is 40.9 Å². The van der Waals surface area contributed by atoms with Gasteiger partial charge in [0.2, 0.25) is 0 Å². The Labute approximate surface area is 131 Å². The fraction of sp³-hybridized carbons (Fsp3) is 0.133. The summed E-state index contributed by atoms with van der Waals surface area (Å²) in [5, 5.41) is 2.78. The molecule has 1 amide bonds. The zero-order valence-corrected chi connectivity index (χ0v) is 13.2. The lowest BCUT2D eigenvalue weighted by Crippen LogP contribution is -2.14. The fourth-order valence-corrected chi connectivity index (χ4v) is 2.19. The molecule has 0 aromatic heterocycles. The minimum atomic E-state index is -0.319. The van der Waals surface area contributed by atoms with Gasteiger partial charge in [0, 0.05) is 16.2 Å². The molecule has 2 rings (SSSR count). The van der Waals surface area contributed by atoms with Crippen LogP contribution >= 0.6 is 15.9 Å². The molecule has 2 aromatic rings. The molecule has 0 atom stereocenters. The first-order valence-electron chi connectivity index (χ1n) is 6.13. The molecule has 0 bridgehead atoms. The number of nitrogens with two attached hydrogens (primary N) is 1. The molecule has 0 radical (unpaired) electrons. The van der Waals surface area contributed by atoms with Crippen molar-refractivity contribution in [1.82, 2.24) is 0 Å². The van der Waals surface area contributed by atoms with Gasteiger partial charge in [-0.2, -0.15) is 0 Å². The van der Waals surface area contributed by atoms with E-state index < -0.39 is 0 Å². The van der Waals surface area contributed by atoms with E-state index in [4.69, 9.17) is 15.2 Å². The number of rotatable bonds is 4. The zero-order valence-electron chi connectivity index (χ0n) is 11.6. The molecule has 0 aliphatic heterocycles. The molecule has 0 saturated heterocycles. The van der Waals surface area contributed by atoms with Crippen molar-refractivity contribution in [3.8, 4) is 11.5 Å².